The summed E-state index contributed by atoms with van der Waals surface area (Å²) >= 11 is 14.6. The molecule has 0 aliphatic heterocycles. The number of nitrogens with zero attached hydrogens (tertiary/aromatic N) is 2. The topological polar surface area (TPSA) is 17.8 Å². The first-order valence-corrected chi connectivity index (χ1v) is 4.87. The van der Waals surface area contributed by atoms with Gasteiger partial charge in [0, 0.05) is 12.7 Å². The van der Waals surface area contributed by atoms with Gasteiger partial charge < -0.3 is 0 Å². The van der Waals surface area contributed by atoms with Gasteiger partial charge in [-0.2, -0.15) is 5.10 Å². The molecule has 0 spiro atoms. The second-order valence-corrected chi connectivity index (χ2v) is 4.70. The van der Waals surface area contributed by atoms with Crippen LogP contribution in [-0.2, 0) is 6.54 Å². The van der Waals surface area contributed by atoms with E-state index in [2.05, 4.69) is 21.0 Å². The van der Waals surface area contributed by atoms with Gasteiger partial charge in [0.2, 0.25) is 0 Å². The molecular formula is C6H7BrCl2N2. The van der Waals surface area contributed by atoms with Crippen molar-refractivity contribution in [1.29, 1.82) is 0 Å². The van der Waals surface area contributed by atoms with Gasteiger partial charge in [-0.15, -0.1) is 11.6 Å². The van der Waals surface area contributed by atoms with Crippen LogP contribution in [0.3, 0.4) is 0 Å². The minimum absolute atomic E-state index is 0.00507. The molecule has 0 bridgehead atoms. The number of aryl methyl sites for hydroxylation is 1. The molecule has 62 valence electrons. The van der Waals surface area contributed by atoms with Crippen molar-refractivity contribution < 1.29 is 0 Å². The summed E-state index contributed by atoms with van der Waals surface area (Å²) in [6.45, 7) is 0.784. The highest BCUT2D eigenvalue weighted by Gasteiger charge is 1.99. The second-order valence-electron chi connectivity index (χ2n) is 2.10. The minimum Gasteiger partial charge on any atom is -0.271 e. The van der Waals surface area contributed by atoms with Crippen LogP contribution in [0.15, 0.2) is 12.4 Å². The summed E-state index contributed by atoms with van der Waals surface area (Å²) in [6.07, 6.45) is 4.21. The maximum atomic E-state index is 5.68. The molecule has 0 amide bonds. The van der Waals surface area contributed by atoms with Crippen LogP contribution in [0, 0.1) is 0 Å². The number of halogens is 3. The molecule has 0 aromatic carbocycles. The summed E-state index contributed by atoms with van der Waals surface area (Å²) in [6, 6.07) is 0. The minimum atomic E-state index is 0.00507. The molecule has 0 saturated carbocycles. The third-order valence-corrected chi connectivity index (χ3v) is 2.05. The number of alkyl halides is 2. The van der Waals surface area contributed by atoms with Crippen LogP contribution >= 0.6 is 39.1 Å². The predicted octanol–water partition coefficient (Wildman–Crippen LogP) is 2.89. The number of hydrogen-bond donors (Lipinski definition) is 0. The zero-order valence-corrected chi connectivity index (χ0v) is 8.77. The largest absolute Gasteiger partial charge is 0.271 e. The van der Waals surface area contributed by atoms with Gasteiger partial charge in [0.25, 0.3) is 0 Å². The zero-order chi connectivity index (χ0) is 8.27. The molecule has 0 N–H and O–H groups in total. The number of rotatable bonds is 3. The van der Waals surface area contributed by atoms with Gasteiger partial charge in [0.05, 0.1) is 15.5 Å². The van der Waals surface area contributed by atoms with E-state index in [1.807, 2.05) is 0 Å². The van der Waals surface area contributed by atoms with Crippen molar-refractivity contribution in [3.8, 4) is 0 Å². The zero-order valence-electron chi connectivity index (χ0n) is 5.67. The Labute approximate surface area is 83.6 Å². The molecule has 0 aliphatic rings. The van der Waals surface area contributed by atoms with Gasteiger partial charge in [-0.25, -0.2) is 0 Å². The Hall–Kier alpha value is 0.270. The van der Waals surface area contributed by atoms with Crippen LogP contribution < -0.4 is 0 Å². The standard InChI is InChI=1S/C6H7BrCl2N2/c7-6(9)1-2-11-4-5(8)3-10-11/h3-4,6H,1-2H2. The fourth-order valence-electron chi connectivity index (χ4n) is 0.690. The van der Waals surface area contributed by atoms with Gasteiger partial charge >= 0.3 is 0 Å². The van der Waals surface area contributed by atoms with Gasteiger partial charge in [-0.1, -0.05) is 27.5 Å². The van der Waals surface area contributed by atoms with Crippen LogP contribution in [0.5, 0.6) is 0 Å². The molecule has 1 rings (SSSR count). The molecule has 0 radical (unpaired) electrons. The second kappa shape index (κ2) is 4.33. The van der Waals surface area contributed by atoms with Crippen LogP contribution in [0.4, 0.5) is 0 Å². The average Bonchev–Trinajstić information content (AvgIpc) is 2.31. The summed E-state index contributed by atoms with van der Waals surface area (Å²) < 4.78 is 1.77. The summed E-state index contributed by atoms with van der Waals surface area (Å²) in [5.41, 5.74) is 0. The molecule has 5 heteroatoms. The van der Waals surface area contributed by atoms with Gasteiger partial charge in [0.1, 0.15) is 0 Å². The maximum Gasteiger partial charge on any atom is 0.0903 e. The van der Waals surface area contributed by atoms with Crippen molar-refractivity contribution in [2.75, 3.05) is 0 Å². The average molecular weight is 258 g/mol. The third kappa shape index (κ3) is 3.45. The molecule has 0 fully saturated rings. The lowest BCUT2D eigenvalue weighted by molar-refractivity contribution is 0.599. The first-order valence-electron chi connectivity index (χ1n) is 3.14. The molecule has 11 heavy (non-hydrogen) atoms. The number of hydrogen-bond acceptors (Lipinski definition) is 1. The van der Waals surface area contributed by atoms with Crippen LogP contribution in [0.1, 0.15) is 6.42 Å². The van der Waals surface area contributed by atoms with E-state index in [1.54, 1.807) is 17.1 Å². The van der Waals surface area contributed by atoms with Crippen molar-refractivity contribution in [1.82, 2.24) is 9.78 Å². The van der Waals surface area contributed by atoms with E-state index in [0.29, 0.717) is 5.02 Å². The van der Waals surface area contributed by atoms with E-state index in [-0.39, 0.29) is 4.29 Å². The fraction of sp³-hybridized carbons (Fsp3) is 0.500. The van der Waals surface area contributed by atoms with E-state index >= 15 is 0 Å². The van der Waals surface area contributed by atoms with Crippen molar-refractivity contribution in [3.05, 3.63) is 17.4 Å². The predicted molar refractivity (Wildman–Crippen MR) is 50.4 cm³/mol. The first kappa shape index (κ1) is 9.36. The molecule has 1 unspecified atom stereocenters. The molecule has 0 aliphatic carbocycles. The molecule has 1 aromatic rings. The Morgan fingerprint density at radius 1 is 1.73 bits per heavy atom. The van der Waals surface area contributed by atoms with E-state index in [1.165, 1.54) is 0 Å². The summed E-state index contributed by atoms with van der Waals surface area (Å²) in [7, 11) is 0. The lowest BCUT2D eigenvalue weighted by Gasteiger charge is -2.00. The Morgan fingerprint density at radius 3 is 2.91 bits per heavy atom. The molecule has 1 atom stereocenters. The maximum absolute atomic E-state index is 5.68. The van der Waals surface area contributed by atoms with Crippen molar-refractivity contribution >= 4 is 39.1 Å². The smallest absolute Gasteiger partial charge is 0.0903 e. The highest BCUT2D eigenvalue weighted by molar-refractivity contribution is 9.10. The van der Waals surface area contributed by atoms with E-state index < -0.39 is 0 Å². The van der Waals surface area contributed by atoms with E-state index in [9.17, 15) is 0 Å². The van der Waals surface area contributed by atoms with Crippen molar-refractivity contribution in [2.24, 2.45) is 0 Å². The molecule has 1 aromatic heterocycles. The lowest BCUT2D eigenvalue weighted by Crippen LogP contribution is -2.01. The van der Waals surface area contributed by atoms with Gasteiger partial charge in [-0.05, 0) is 6.42 Å². The van der Waals surface area contributed by atoms with E-state index in [4.69, 9.17) is 23.2 Å². The van der Waals surface area contributed by atoms with Gasteiger partial charge in [0.15, 0.2) is 0 Å². The SMILES string of the molecule is Clc1cnn(CCC(Cl)Br)c1. The summed E-state index contributed by atoms with van der Waals surface area (Å²) in [4.78, 5) is 0. The Kier molecular flexibility index (Phi) is 3.69. The van der Waals surface area contributed by atoms with Crippen molar-refractivity contribution in [2.45, 2.75) is 17.3 Å². The first-order chi connectivity index (χ1) is 5.18. The normalized spacial score (nSPS) is 13.4. The summed E-state index contributed by atoms with van der Waals surface area (Å²) in [5.74, 6) is 0. The van der Waals surface area contributed by atoms with Crippen LogP contribution in [0.2, 0.25) is 5.02 Å². The lowest BCUT2D eigenvalue weighted by atomic mass is 10.5. The quantitative estimate of drug-likeness (QED) is 0.762. The van der Waals surface area contributed by atoms with E-state index in [0.717, 1.165) is 13.0 Å². The van der Waals surface area contributed by atoms with Crippen LogP contribution in [-0.4, -0.2) is 14.1 Å². The fourth-order valence-corrected chi connectivity index (χ4v) is 1.15. The highest BCUT2D eigenvalue weighted by Crippen LogP contribution is 2.12. The Morgan fingerprint density at radius 2 is 2.45 bits per heavy atom. The molecule has 0 saturated heterocycles. The third-order valence-electron chi connectivity index (χ3n) is 1.18. The Bertz CT molecular complexity index is 224. The summed E-state index contributed by atoms with van der Waals surface area (Å²) in [5, 5.41) is 4.65. The van der Waals surface area contributed by atoms with Gasteiger partial charge in [-0.3, -0.25) is 4.68 Å². The monoisotopic (exact) mass is 256 g/mol. The van der Waals surface area contributed by atoms with Crippen LogP contribution in [0.25, 0.3) is 0 Å². The number of aromatic nitrogens is 2. The Balaban J connectivity index is 2.39. The highest BCUT2D eigenvalue weighted by atomic mass is 79.9. The van der Waals surface area contributed by atoms with Crippen molar-refractivity contribution in [3.63, 3.8) is 0 Å². The molecule has 2 nitrogen and oxygen atoms in total. The molecular weight excluding hydrogens is 251 g/mol. The molecule has 1 heterocycles.